The van der Waals surface area contributed by atoms with Gasteiger partial charge in [0.15, 0.2) is 0 Å². The van der Waals surface area contributed by atoms with Gasteiger partial charge in [0.25, 0.3) is 0 Å². The number of benzene rings is 1. The maximum absolute atomic E-state index is 11.9. The zero-order valence-corrected chi connectivity index (χ0v) is 11.9. The van der Waals surface area contributed by atoms with E-state index in [1.165, 1.54) is 12.8 Å². The highest BCUT2D eigenvalue weighted by atomic mass is 16.5. The predicted molar refractivity (Wildman–Crippen MR) is 79.3 cm³/mol. The summed E-state index contributed by atoms with van der Waals surface area (Å²) in [5.41, 5.74) is 7.70. The van der Waals surface area contributed by atoms with Crippen molar-refractivity contribution < 1.29 is 9.53 Å². The van der Waals surface area contributed by atoms with Crippen molar-refractivity contribution in [2.45, 2.75) is 44.8 Å². The van der Waals surface area contributed by atoms with Gasteiger partial charge in [0, 0.05) is 13.1 Å². The van der Waals surface area contributed by atoms with E-state index in [4.69, 9.17) is 10.5 Å². The molecule has 1 aromatic carbocycles. The van der Waals surface area contributed by atoms with E-state index in [0.29, 0.717) is 32.2 Å². The Bertz CT molecular complexity index is 428. The quantitative estimate of drug-likeness (QED) is 0.746. The highest BCUT2D eigenvalue weighted by Crippen LogP contribution is 2.20. The third-order valence-electron chi connectivity index (χ3n) is 3.77. The van der Waals surface area contributed by atoms with Gasteiger partial charge in [-0.25, -0.2) is 0 Å². The Balaban J connectivity index is 1.67. The summed E-state index contributed by atoms with van der Waals surface area (Å²) in [5, 5.41) is 2.90. The molecule has 4 heteroatoms. The minimum absolute atomic E-state index is 0.0286. The van der Waals surface area contributed by atoms with Crippen molar-refractivity contribution in [3.8, 4) is 0 Å². The topological polar surface area (TPSA) is 64.4 Å². The Labute approximate surface area is 120 Å². The van der Waals surface area contributed by atoms with Crippen LogP contribution < -0.4 is 11.1 Å². The van der Waals surface area contributed by atoms with E-state index in [1.807, 2.05) is 24.3 Å². The van der Waals surface area contributed by atoms with Crippen LogP contribution in [0.15, 0.2) is 24.3 Å². The summed E-state index contributed by atoms with van der Waals surface area (Å²) in [6.07, 6.45) is 5.66. The Morgan fingerprint density at radius 3 is 2.65 bits per heavy atom. The lowest BCUT2D eigenvalue weighted by molar-refractivity contribution is -0.120. The van der Waals surface area contributed by atoms with Gasteiger partial charge in [0.05, 0.1) is 19.1 Å². The molecule has 4 nitrogen and oxygen atoms in total. The van der Waals surface area contributed by atoms with Crippen LogP contribution in [0.2, 0.25) is 0 Å². The van der Waals surface area contributed by atoms with Gasteiger partial charge in [-0.3, -0.25) is 4.79 Å². The average molecular weight is 276 g/mol. The standard InChI is InChI=1S/C16H24N2O2/c17-12-14-6-2-1-5-13(14)11-16(19)18-9-10-20-15-7-3-4-8-15/h1-2,5-6,15H,3-4,7-12,17H2,(H,18,19). The molecule has 1 saturated carbocycles. The molecular formula is C16H24N2O2. The minimum Gasteiger partial charge on any atom is -0.376 e. The van der Waals surface area contributed by atoms with Gasteiger partial charge in [0.2, 0.25) is 5.91 Å². The number of rotatable bonds is 7. The summed E-state index contributed by atoms with van der Waals surface area (Å²) in [6, 6.07) is 7.80. The fourth-order valence-corrected chi connectivity index (χ4v) is 2.64. The first-order chi connectivity index (χ1) is 9.79. The molecule has 110 valence electrons. The minimum atomic E-state index is 0.0286. The highest BCUT2D eigenvalue weighted by Gasteiger charge is 2.14. The Kier molecular flexibility index (Phi) is 6.02. The number of nitrogens with two attached hydrogens (primary N) is 1. The SMILES string of the molecule is NCc1ccccc1CC(=O)NCCOC1CCCC1. The molecular weight excluding hydrogens is 252 g/mol. The van der Waals surface area contributed by atoms with Crippen molar-refractivity contribution in [3.05, 3.63) is 35.4 Å². The molecule has 1 aliphatic rings. The number of ether oxygens (including phenoxy) is 1. The van der Waals surface area contributed by atoms with Crippen LogP contribution in [0, 0.1) is 0 Å². The first-order valence-corrected chi connectivity index (χ1v) is 7.44. The van der Waals surface area contributed by atoms with Gasteiger partial charge in [-0.05, 0) is 24.0 Å². The summed E-state index contributed by atoms with van der Waals surface area (Å²) < 4.78 is 5.71. The molecule has 0 aromatic heterocycles. The number of hydrogen-bond donors (Lipinski definition) is 2. The smallest absolute Gasteiger partial charge is 0.224 e. The van der Waals surface area contributed by atoms with E-state index in [9.17, 15) is 4.79 Å². The number of amides is 1. The Morgan fingerprint density at radius 2 is 1.95 bits per heavy atom. The van der Waals surface area contributed by atoms with Crippen molar-refractivity contribution in [2.75, 3.05) is 13.2 Å². The molecule has 1 fully saturated rings. The average Bonchev–Trinajstić information content (AvgIpc) is 2.97. The van der Waals surface area contributed by atoms with Gasteiger partial charge in [0.1, 0.15) is 0 Å². The molecule has 3 N–H and O–H groups in total. The van der Waals surface area contributed by atoms with Crippen LogP contribution in [0.25, 0.3) is 0 Å². The fourth-order valence-electron chi connectivity index (χ4n) is 2.64. The van der Waals surface area contributed by atoms with Crippen molar-refractivity contribution in [1.82, 2.24) is 5.32 Å². The maximum atomic E-state index is 11.9. The summed E-state index contributed by atoms with van der Waals surface area (Å²) in [5.74, 6) is 0.0286. The second kappa shape index (κ2) is 8.02. The molecule has 0 atom stereocenters. The molecule has 0 spiro atoms. The Hall–Kier alpha value is -1.39. The maximum Gasteiger partial charge on any atom is 0.224 e. The molecule has 0 bridgehead atoms. The van der Waals surface area contributed by atoms with Crippen LogP contribution in [0.3, 0.4) is 0 Å². The molecule has 1 amide bonds. The molecule has 1 aliphatic carbocycles. The van der Waals surface area contributed by atoms with Crippen LogP contribution in [0.1, 0.15) is 36.8 Å². The third kappa shape index (κ3) is 4.62. The van der Waals surface area contributed by atoms with Crippen molar-refractivity contribution in [3.63, 3.8) is 0 Å². The summed E-state index contributed by atoms with van der Waals surface area (Å²) in [4.78, 5) is 11.9. The molecule has 0 aliphatic heterocycles. The third-order valence-corrected chi connectivity index (χ3v) is 3.77. The normalized spacial score (nSPS) is 15.4. The number of hydrogen-bond acceptors (Lipinski definition) is 3. The fraction of sp³-hybridized carbons (Fsp3) is 0.562. The molecule has 0 heterocycles. The van der Waals surface area contributed by atoms with Crippen LogP contribution in [0.5, 0.6) is 0 Å². The lowest BCUT2D eigenvalue weighted by Gasteiger charge is -2.12. The molecule has 0 unspecified atom stereocenters. The number of carbonyl (C=O) groups is 1. The first-order valence-electron chi connectivity index (χ1n) is 7.44. The second-order valence-corrected chi connectivity index (χ2v) is 5.28. The van der Waals surface area contributed by atoms with Gasteiger partial charge in [-0.15, -0.1) is 0 Å². The van der Waals surface area contributed by atoms with Gasteiger partial charge in [-0.1, -0.05) is 37.1 Å². The molecule has 0 radical (unpaired) electrons. The van der Waals surface area contributed by atoms with Gasteiger partial charge < -0.3 is 15.8 Å². The van der Waals surface area contributed by atoms with E-state index in [1.54, 1.807) is 0 Å². The number of carbonyl (C=O) groups excluding carboxylic acids is 1. The summed E-state index contributed by atoms with van der Waals surface area (Å²) in [6.45, 7) is 1.66. The Morgan fingerprint density at radius 1 is 1.25 bits per heavy atom. The van der Waals surface area contributed by atoms with Crippen LogP contribution in [0.4, 0.5) is 0 Å². The lowest BCUT2D eigenvalue weighted by atomic mass is 10.0. The van der Waals surface area contributed by atoms with Crippen LogP contribution >= 0.6 is 0 Å². The van der Waals surface area contributed by atoms with E-state index in [-0.39, 0.29) is 5.91 Å². The lowest BCUT2D eigenvalue weighted by Crippen LogP contribution is -2.30. The van der Waals surface area contributed by atoms with Crippen LogP contribution in [-0.2, 0) is 22.5 Å². The van der Waals surface area contributed by atoms with E-state index in [2.05, 4.69) is 5.32 Å². The van der Waals surface area contributed by atoms with E-state index in [0.717, 1.165) is 24.0 Å². The summed E-state index contributed by atoms with van der Waals surface area (Å²) >= 11 is 0. The number of nitrogens with one attached hydrogen (secondary N) is 1. The largest absolute Gasteiger partial charge is 0.376 e. The highest BCUT2D eigenvalue weighted by molar-refractivity contribution is 5.78. The molecule has 0 saturated heterocycles. The van der Waals surface area contributed by atoms with Crippen molar-refractivity contribution in [2.24, 2.45) is 5.73 Å². The van der Waals surface area contributed by atoms with E-state index >= 15 is 0 Å². The molecule has 1 aromatic rings. The summed E-state index contributed by atoms with van der Waals surface area (Å²) in [7, 11) is 0. The van der Waals surface area contributed by atoms with Crippen molar-refractivity contribution >= 4 is 5.91 Å². The molecule has 2 rings (SSSR count). The zero-order chi connectivity index (χ0) is 14.2. The van der Waals surface area contributed by atoms with Gasteiger partial charge >= 0.3 is 0 Å². The predicted octanol–water partition coefficient (Wildman–Crippen LogP) is 1.76. The van der Waals surface area contributed by atoms with Crippen molar-refractivity contribution in [1.29, 1.82) is 0 Å². The zero-order valence-electron chi connectivity index (χ0n) is 11.9. The van der Waals surface area contributed by atoms with E-state index < -0.39 is 0 Å². The monoisotopic (exact) mass is 276 g/mol. The molecule has 20 heavy (non-hydrogen) atoms. The first kappa shape index (κ1) is 15.0. The van der Waals surface area contributed by atoms with Gasteiger partial charge in [-0.2, -0.15) is 0 Å². The second-order valence-electron chi connectivity index (χ2n) is 5.28. The van der Waals surface area contributed by atoms with Crippen LogP contribution in [-0.4, -0.2) is 25.2 Å².